The molecule has 0 saturated heterocycles. The predicted molar refractivity (Wildman–Crippen MR) is 88.5 cm³/mol. The fraction of sp³-hybridized carbons (Fsp3) is 0.300. The molecule has 0 aromatic heterocycles. The normalized spacial score (nSPS) is 14.8. The largest absolute Gasteiger partial charge is 0.416 e. The molecule has 0 spiro atoms. The minimum Gasteiger partial charge on any atom is -0.202 e. The van der Waals surface area contributed by atoms with Crippen molar-refractivity contribution in [1.29, 1.82) is 0 Å². The zero-order valence-corrected chi connectivity index (χ0v) is 13.9. The van der Waals surface area contributed by atoms with Gasteiger partial charge in [-0.3, -0.25) is 0 Å². The molecule has 3 rings (SSSR count). The quantitative estimate of drug-likeness (QED) is 0.524. The van der Waals surface area contributed by atoms with Gasteiger partial charge in [-0.25, -0.2) is 8.78 Å². The van der Waals surface area contributed by atoms with Crippen LogP contribution in [0.15, 0.2) is 36.9 Å². The number of hydrogen-bond donors (Lipinski definition) is 0. The standard InChI is InChI=1S/C20H17F5/c1-11-4-5-13-9-18(12(2)6-17(11)13)14-7-15(19(3,21)22)10-16(8-14)20(23,24)25/h6-10H,1,4-5H2,2-3H3. The van der Waals surface area contributed by atoms with Crippen molar-refractivity contribution >= 4 is 5.57 Å². The summed E-state index contributed by atoms with van der Waals surface area (Å²) in [4.78, 5) is 0. The fourth-order valence-corrected chi connectivity index (χ4v) is 3.22. The van der Waals surface area contributed by atoms with Gasteiger partial charge in [-0.1, -0.05) is 18.7 Å². The van der Waals surface area contributed by atoms with E-state index >= 15 is 0 Å². The summed E-state index contributed by atoms with van der Waals surface area (Å²) in [6.07, 6.45) is -3.12. The van der Waals surface area contributed by atoms with E-state index in [-0.39, 0.29) is 5.56 Å². The first-order chi connectivity index (χ1) is 11.5. The lowest BCUT2D eigenvalue weighted by atomic mass is 9.91. The summed E-state index contributed by atoms with van der Waals surface area (Å²) >= 11 is 0. The van der Waals surface area contributed by atoms with E-state index in [1.54, 1.807) is 13.0 Å². The van der Waals surface area contributed by atoms with Crippen molar-refractivity contribution in [3.05, 3.63) is 64.7 Å². The molecular formula is C20H17F5. The van der Waals surface area contributed by atoms with Gasteiger partial charge in [-0.05, 0) is 71.4 Å². The fourth-order valence-electron chi connectivity index (χ4n) is 3.22. The van der Waals surface area contributed by atoms with E-state index in [0.717, 1.165) is 47.2 Å². The van der Waals surface area contributed by atoms with E-state index in [0.29, 0.717) is 18.6 Å². The second-order valence-electron chi connectivity index (χ2n) is 6.61. The molecule has 0 N–H and O–H groups in total. The van der Waals surface area contributed by atoms with Crippen molar-refractivity contribution in [3.8, 4) is 11.1 Å². The lowest BCUT2D eigenvalue weighted by molar-refractivity contribution is -0.137. The maximum absolute atomic E-state index is 13.7. The number of hydrogen-bond acceptors (Lipinski definition) is 0. The highest BCUT2D eigenvalue weighted by Gasteiger charge is 2.34. The lowest BCUT2D eigenvalue weighted by Crippen LogP contribution is -2.12. The van der Waals surface area contributed by atoms with Gasteiger partial charge in [0.05, 0.1) is 5.56 Å². The molecule has 0 saturated carbocycles. The Labute approximate surface area is 143 Å². The molecular weight excluding hydrogens is 335 g/mol. The van der Waals surface area contributed by atoms with Crippen LogP contribution in [0.1, 0.15) is 41.2 Å². The van der Waals surface area contributed by atoms with Crippen LogP contribution in [0.2, 0.25) is 0 Å². The summed E-state index contributed by atoms with van der Waals surface area (Å²) in [6.45, 7) is 6.36. The molecule has 25 heavy (non-hydrogen) atoms. The number of halogens is 5. The van der Waals surface area contributed by atoms with Crippen molar-refractivity contribution < 1.29 is 22.0 Å². The highest BCUT2D eigenvalue weighted by molar-refractivity contribution is 5.78. The van der Waals surface area contributed by atoms with Gasteiger partial charge in [0.25, 0.3) is 5.92 Å². The highest BCUT2D eigenvalue weighted by atomic mass is 19.4. The van der Waals surface area contributed by atoms with Gasteiger partial charge < -0.3 is 0 Å². The van der Waals surface area contributed by atoms with E-state index in [1.807, 2.05) is 6.07 Å². The molecule has 2 aromatic rings. The topological polar surface area (TPSA) is 0 Å². The number of benzene rings is 2. The van der Waals surface area contributed by atoms with E-state index < -0.39 is 23.2 Å². The number of aryl methyl sites for hydroxylation is 2. The Bertz CT molecular complexity index is 821. The Morgan fingerprint density at radius 3 is 2.08 bits per heavy atom. The third-order valence-electron chi connectivity index (χ3n) is 4.61. The zero-order chi connectivity index (χ0) is 18.6. The molecule has 0 fully saturated rings. The molecule has 5 heteroatoms. The predicted octanol–water partition coefficient (Wildman–Crippen LogP) is 6.75. The van der Waals surface area contributed by atoms with Crippen LogP contribution in [0.5, 0.6) is 0 Å². The maximum Gasteiger partial charge on any atom is 0.416 e. The Hall–Kier alpha value is -2.17. The minimum atomic E-state index is -4.69. The first-order valence-corrected chi connectivity index (χ1v) is 7.89. The van der Waals surface area contributed by atoms with Gasteiger partial charge in [-0.2, -0.15) is 13.2 Å². The summed E-state index contributed by atoms with van der Waals surface area (Å²) in [6, 6.07) is 6.29. The van der Waals surface area contributed by atoms with Crippen molar-refractivity contribution in [3.63, 3.8) is 0 Å². The molecule has 1 aliphatic rings. The van der Waals surface area contributed by atoms with Crippen molar-refractivity contribution in [1.82, 2.24) is 0 Å². The van der Waals surface area contributed by atoms with Crippen LogP contribution in [-0.2, 0) is 18.5 Å². The second-order valence-corrected chi connectivity index (χ2v) is 6.61. The molecule has 0 atom stereocenters. The Balaban J connectivity index is 2.22. The van der Waals surface area contributed by atoms with Crippen molar-refractivity contribution in [2.24, 2.45) is 0 Å². The lowest BCUT2D eigenvalue weighted by Gasteiger charge is -2.18. The smallest absolute Gasteiger partial charge is 0.202 e. The number of allylic oxidation sites excluding steroid dienone is 1. The molecule has 0 nitrogen and oxygen atoms in total. The van der Waals surface area contributed by atoms with Gasteiger partial charge >= 0.3 is 6.18 Å². The summed E-state index contributed by atoms with van der Waals surface area (Å²) in [5, 5.41) is 0. The third kappa shape index (κ3) is 3.32. The van der Waals surface area contributed by atoms with Crippen LogP contribution in [0, 0.1) is 6.92 Å². The zero-order valence-electron chi connectivity index (χ0n) is 13.9. The van der Waals surface area contributed by atoms with Gasteiger partial charge in [0.2, 0.25) is 0 Å². The molecule has 1 aliphatic carbocycles. The van der Waals surface area contributed by atoms with Crippen LogP contribution in [0.4, 0.5) is 22.0 Å². The Morgan fingerprint density at radius 1 is 0.840 bits per heavy atom. The molecule has 132 valence electrons. The molecule has 2 aromatic carbocycles. The van der Waals surface area contributed by atoms with E-state index in [2.05, 4.69) is 6.58 Å². The first-order valence-electron chi connectivity index (χ1n) is 7.89. The van der Waals surface area contributed by atoms with Crippen LogP contribution in [0.3, 0.4) is 0 Å². The van der Waals surface area contributed by atoms with Crippen LogP contribution in [-0.4, -0.2) is 0 Å². The van der Waals surface area contributed by atoms with E-state index in [4.69, 9.17) is 0 Å². The minimum absolute atomic E-state index is 0.157. The van der Waals surface area contributed by atoms with E-state index in [1.165, 1.54) is 0 Å². The first kappa shape index (κ1) is 17.6. The molecule has 0 bridgehead atoms. The maximum atomic E-state index is 13.7. The summed E-state index contributed by atoms with van der Waals surface area (Å²) < 4.78 is 66.9. The summed E-state index contributed by atoms with van der Waals surface area (Å²) in [5.74, 6) is -3.35. The monoisotopic (exact) mass is 352 g/mol. The van der Waals surface area contributed by atoms with Gasteiger partial charge in [-0.15, -0.1) is 0 Å². The SMILES string of the molecule is C=C1CCc2cc(-c3cc(C(C)(F)F)cc(C(F)(F)F)c3)c(C)cc21. The van der Waals surface area contributed by atoms with Crippen molar-refractivity contribution in [2.75, 3.05) is 0 Å². The third-order valence-corrected chi connectivity index (χ3v) is 4.61. The number of alkyl halides is 5. The summed E-state index contributed by atoms with van der Waals surface area (Å²) in [5.41, 5.74) is 2.74. The highest BCUT2D eigenvalue weighted by Crippen LogP contribution is 2.40. The molecule has 0 heterocycles. The van der Waals surface area contributed by atoms with E-state index in [9.17, 15) is 22.0 Å². The average Bonchev–Trinajstić information content (AvgIpc) is 2.85. The molecule has 0 radical (unpaired) electrons. The Kier molecular flexibility index (Phi) is 4.01. The van der Waals surface area contributed by atoms with Crippen LogP contribution < -0.4 is 0 Å². The number of rotatable bonds is 2. The summed E-state index contributed by atoms with van der Waals surface area (Å²) in [7, 11) is 0. The molecule has 0 amide bonds. The number of fused-ring (bicyclic) bond motifs is 1. The van der Waals surface area contributed by atoms with Gasteiger partial charge in [0, 0.05) is 12.5 Å². The van der Waals surface area contributed by atoms with Gasteiger partial charge in [0.15, 0.2) is 0 Å². The van der Waals surface area contributed by atoms with Crippen LogP contribution in [0.25, 0.3) is 16.7 Å². The van der Waals surface area contributed by atoms with Crippen molar-refractivity contribution in [2.45, 2.75) is 38.8 Å². The molecule has 0 aliphatic heterocycles. The van der Waals surface area contributed by atoms with Gasteiger partial charge in [0.1, 0.15) is 0 Å². The average molecular weight is 352 g/mol. The molecule has 0 unspecified atom stereocenters. The Morgan fingerprint density at radius 2 is 1.48 bits per heavy atom. The van der Waals surface area contributed by atoms with Crippen LogP contribution >= 0.6 is 0 Å². The second kappa shape index (κ2) is 5.68.